The van der Waals surface area contributed by atoms with Gasteiger partial charge in [0.2, 0.25) is 0 Å². The second-order valence-corrected chi connectivity index (χ2v) is 3.34. The Balaban J connectivity index is 2.30. The Bertz CT molecular complexity index is 374. The van der Waals surface area contributed by atoms with Crippen molar-refractivity contribution >= 4 is 5.97 Å². The topological polar surface area (TPSA) is 49.3 Å². The summed E-state index contributed by atoms with van der Waals surface area (Å²) in [6, 6.07) is 4.09. The second kappa shape index (κ2) is 3.38. The van der Waals surface area contributed by atoms with Gasteiger partial charge in [0.1, 0.15) is 5.82 Å². The lowest BCUT2D eigenvalue weighted by atomic mass is 9.96. The van der Waals surface area contributed by atoms with E-state index in [1.54, 1.807) is 0 Å². The quantitative estimate of drug-likeness (QED) is 0.752. The third kappa shape index (κ3) is 1.48. The second-order valence-electron chi connectivity index (χ2n) is 3.34. The first-order valence-electron chi connectivity index (χ1n) is 4.44. The molecule has 1 saturated heterocycles. The van der Waals surface area contributed by atoms with Crippen LogP contribution in [0.5, 0.6) is 0 Å². The Kier molecular flexibility index (Phi) is 2.21. The normalized spacial score (nSPS) is 20.2. The molecule has 74 valence electrons. The first-order valence-corrected chi connectivity index (χ1v) is 4.44. The van der Waals surface area contributed by atoms with E-state index < -0.39 is 11.8 Å². The van der Waals surface area contributed by atoms with Crippen LogP contribution in [-0.4, -0.2) is 17.6 Å². The summed E-state index contributed by atoms with van der Waals surface area (Å²) in [7, 11) is 0. The maximum atomic E-state index is 13.4. The van der Waals surface area contributed by atoms with Crippen molar-refractivity contribution in [2.45, 2.75) is 12.5 Å². The van der Waals surface area contributed by atoms with Crippen molar-refractivity contribution in [3.63, 3.8) is 0 Å². The molecule has 2 N–H and O–H groups in total. The van der Waals surface area contributed by atoms with Gasteiger partial charge < -0.3 is 10.4 Å². The number of benzene rings is 1. The van der Waals surface area contributed by atoms with E-state index in [0.29, 0.717) is 5.56 Å². The molecule has 0 aliphatic carbocycles. The highest BCUT2D eigenvalue weighted by Gasteiger charge is 2.22. The Morgan fingerprint density at radius 1 is 1.57 bits per heavy atom. The van der Waals surface area contributed by atoms with Crippen molar-refractivity contribution in [3.8, 4) is 0 Å². The van der Waals surface area contributed by atoms with Gasteiger partial charge in [0.25, 0.3) is 0 Å². The molecular formula is C10H10FNO2. The van der Waals surface area contributed by atoms with Crippen LogP contribution < -0.4 is 5.32 Å². The molecule has 0 radical (unpaired) electrons. The van der Waals surface area contributed by atoms with Gasteiger partial charge in [-0.05, 0) is 25.1 Å². The standard InChI is InChI=1S/C10H10FNO2/c11-8-5-6(10(13)14)1-2-7(8)9-3-4-12-9/h1-2,5,9,12H,3-4H2,(H,13,14)/t9-/m1/s1. The van der Waals surface area contributed by atoms with Gasteiger partial charge in [-0.3, -0.25) is 0 Å². The van der Waals surface area contributed by atoms with Crippen LogP contribution in [0.1, 0.15) is 28.4 Å². The van der Waals surface area contributed by atoms with E-state index in [0.717, 1.165) is 19.0 Å². The number of rotatable bonds is 2. The summed E-state index contributed by atoms with van der Waals surface area (Å²) in [6.45, 7) is 0.894. The molecule has 1 aliphatic rings. The summed E-state index contributed by atoms with van der Waals surface area (Å²) in [5.41, 5.74) is 0.548. The summed E-state index contributed by atoms with van der Waals surface area (Å²) >= 11 is 0. The smallest absolute Gasteiger partial charge is 0.335 e. The van der Waals surface area contributed by atoms with E-state index in [1.165, 1.54) is 12.1 Å². The van der Waals surface area contributed by atoms with Crippen molar-refractivity contribution in [2.75, 3.05) is 6.54 Å². The molecule has 0 bridgehead atoms. The van der Waals surface area contributed by atoms with Crippen LogP contribution in [0.2, 0.25) is 0 Å². The molecule has 1 aliphatic heterocycles. The van der Waals surface area contributed by atoms with Gasteiger partial charge in [-0.25, -0.2) is 9.18 Å². The highest BCUT2D eigenvalue weighted by atomic mass is 19.1. The number of aromatic carboxylic acids is 1. The third-order valence-electron chi connectivity index (χ3n) is 2.45. The lowest BCUT2D eigenvalue weighted by Gasteiger charge is -2.28. The average molecular weight is 195 g/mol. The number of nitrogens with one attached hydrogen (secondary N) is 1. The molecule has 1 atom stereocenters. The molecule has 14 heavy (non-hydrogen) atoms. The summed E-state index contributed by atoms with van der Waals surface area (Å²) in [5.74, 6) is -1.54. The fourth-order valence-electron chi connectivity index (χ4n) is 1.50. The van der Waals surface area contributed by atoms with Crippen molar-refractivity contribution in [1.29, 1.82) is 0 Å². The van der Waals surface area contributed by atoms with Crippen molar-refractivity contribution < 1.29 is 14.3 Å². The van der Waals surface area contributed by atoms with Gasteiger partial charge in [-0.1, -0.05) is 6.07 Å². The monoisotopic (exact) mass is 195 g/mol. The van der Waals surface area contributed by atoms with Crippen LogP contribution in [0.25, 0.3) is 0 Å². The minimum Gasteiger partial charge on any atom is -0.478 e. The Labute approximate surface area is 80.6 Å². The molecule has 0 saturated carbocycles. The molecule has 4 heteroatoms. The number of halogens is 1. The molecule has 2 rings (SSSR count). The lowest BCUT2D eigenvalue weighted by Crippen LogP contribution is -2.35. The number of carboxylic acid groups (broad SMARTS) is 1. The number of hydrogen-bond acceptors (Lipinski definition) is 2. The van der Waals surface area contributed by atoms with Crippen LogP contribution in [0.3, 0.4) is 0 Å². The van der Waals surface area contributed by atoms with E-state index in [1.807, 2.05) is 0 Å². The summed E-state index contributed by atoms with van der Waals surface area (Å²) in [4.78, 5) is 10.5. The summed E-state index contributed by atoms with van der Waals surface area (Å²) in [6.07, 6.45) is 0.906. The molecule has 1 aromatic rings. The van der Waals surface area contributed by atoms with Crippen LogP contribution in [-0.2, 0) is 0 Å². The Hall–Kier alpha value is -1.42. The zero-order chi connectivity index (χ0) is 10.1. The molecule has 1 aromatic carbocycles. The largest absolute Gasteiger partial charge is 0.478 e. The van der Waals surface area contributed by atoms with Crippen LogP contribution >= 0.6 is 0 Å². The van der Waals surface area contributed by atoms with Crippen molar-refractivity contribution in [2.24, 2.45) is 0 Å². The highest BCUT2D eigenvalue weighted by molar-refractivity contribution is 5.87. The minimum absolute atomic E-state index is 0.00873. The van der Waals surface area contributed by atoms with Crippen LogP contribution in [0, 0.1) is 5.82 Å². The molecule has 0 spiro atoms. The molecule has 1 fully saturated rings. The van der Waals surface area contributed by atoms with Gasteiger partial charge in [-0.2, -0.15) is 0 Å². The Morgan fingerprint density at radius 3 is 2.71 bits per heavy atom. The molecule has 0 unspecified atom stereocenters. The number of carbonyl (C=O) groups is 1. The fraction of sp³-hybridized carbons (Fsp3) is 0.300. The molecule has 3 nitrogen and oxygen atoms in total. The van der Waals surface area contributed by atoms with E-state index >= 15 is 0 Å². The zero-order valence-corrected chi connectivity index (χ0v) is 7.46. The Morgan fingerprint density at radius 2 is 2.29 bits per heavy atom. The van der Waals surface area contributed by atoms with Gasteiger partial charge in [-0.15, -0.1) is 0 Å². The summed E-state index contributed by atoms with van der Waals surface area (Å²) < 4.78 is 13.4. The van der Waals surface area contributed by atoms with Crippen molar-refractivity contribution in [1.82, 2.24) is 5.32 Å². The van der Waals surface area contributed by atoms with E-state index in [4.69, 9.17) is 5.11 Å². The van der Waals surface area contributed by atoms with Gasteiger partial charge in [0, 0.05) is 11.6 Å². The first-order chi connectivity index (χ1) is 6.68. The summed E-state index contributed by atoms with van der Waals surface area (Å²) in [5, 5.41) is 11.7. The predicted molar refractivity (Wildman–Crippen MR) is 48.7 cm³/mol. The maximum absolute atomic E-state index is 13.4. The number of hydrogen-bond donors (Lipinski definition) is 2. The SMILES string of the molecule is O=C(O)c1ccc([C@H]2CCN2)c(F)c1. The first kappa shape index (κ1) is 9.15. The van der Waals surface area contributed by atoms with E-state index in [-0.39, 0.29) is 11.6 Å². The third-order valence-corrected chi connectivity index (χ3v) is 2.45. The van der Waals surface area contributed by atoms with Crippen LogP contribution in [0.4, 0.5) is 4.39 Å². The minimum atomic E-state index is -1.10. The van der Waals surface area contributed by atoms with Crippen LogP contribution in [0.15, 0.2) is 18.2 Å². The molecule has 0 amide bonds. The van der Waals surface area contributed by atoms with Crippen molar-refractivity contribution in [3.05, 3.63) is 35.1 Å². The van der Waals surface area contributed by atoms with Gasteiger partial charge >= 0.3 is 5.97 Å². The highest BCUT2D eigenvalue weighted by Crippen LogP contribution is 2.25. The lowest BCUT2D eigenvalue weighted by molar-refractivity contribution is 0.0696. The van der Waals surface area contributed by atoms with E-state index in [9.17, 15) is 9.18 Å². The maximum Gasteiger partial charge on any atom is 0.335 e. The zero-order valence-electron chi connectivity index (χ0n) is 7.46. The average Bonchev–Trinajstić information content (AvgIpc) is 2.04. The van der Waals surface area contributed by atoms with Gasteiger partial charge in [0.15, 0.2) is 0 Å². The van der Waals surface area contributed by atoms with Gasteiger partial charge in [0.05, 0.1) is 5.56 Å². The number of carboxylic acids is 1. The molecule has 0 aromatic heterocycles. The predicted octanol–water partition coefficient (Wildman–Crippen LogP) is 1.56. The molecular weight excluding hydrogens is 185 g/mol. The van der Waals surface area contributed by atoms with E-state index in [2.05, 4.69) is 5.32 Å². The fourth-order valence-corrected chi connectivity index (χ4v) is 1.50. The molecule has 1 heterocycles.